The van der Waals surface area contributed by atoms with Gasteiger partial charge in [0, 0.05) is 22.3 Å². The summed E-state index contributed by atoms with van der Waals surface area (Å²) in [5.74, 6) is -0.181. The van der Waals surface area contributed by atoms with E-state index in [4.69, 9.17) is 0 Å². The minimum Gasteiger partial charge on any atom is -0.321 e. The Kier molecular flexibility index (Phi) is 4.13. The number of nitrogens with zero attached hydrogens (tertiary/aromatic N) is 1. The van der Waals surface area contributed by atoms with Crippen molar-refractivity contribution in [2.75, 3.05) is 5.32 Å². The topological polar surface area (TPSA) is 42.0 Å². The van der Waals surface area contributed by atoms with Crippen molar-refractivity contribution >= 4 is 38.9 Å². The van der Waals surface area contributed by atoms with Gasteiger partial charge in [-0.3, -0.25) is 4.79 Å². The molecule has 5 heteroatoms. The minimum absolute atomic E-state index is 0.181. The number of para-hydroxylation sites is 1. The molecule has 0 bridgehead atoms. The Morgan fingerprint density at radius 3 is 2.71 bits per heavy atom. The number of aromatic nitrogens is 1. The Balaban J connectivity index is 1.93. The maximum absolute atomic E-state index is 12.4. The smallest absolute Gasteiger partial charge is 0.258 e. The molecule has 104 valence electrons. The van der Waals surface area contributed by atoms with Crippen molar-refractivity contribution in [3.8, 4) is 10.4 Å². The van der Waals surface area contributed by atoms with Crippen molar-refractivity contribution in [2.24, 2.45) is 0 Å². The summed E-state index contributed by atoms with van der Waals surface area (Å²) in [6.45, 7) is 0. The molecule has 0 saturated heterocycles. The molecule has 0 atom stereocenters. The largest absolute Gasteiger partial charge is 0.321 e. The summed E-state index contributed by atoms with van der Waals surface area (Å²) in [6.07, 6.45) is 1.64. The van der Waals surface area contributed by atoms with E-state index in [1.165, 1.54) is 0 Å². The van der Waals surface area contributed by atoms with Crippen LogP contribution in [0.15, 0.2) is 64.7 Å². The highest BCUT2D eigenvalue weighted by atomic mass is 79.9. The molecule has 1 amide bonds. The standard InChI is InChI=1S/C16H11BrN2OS/c17-15-12(6-3-9-18-15)16(20)19-13-7-2-1-5-11(13)14-8-4-10-21-14/h1-10H,(H,19,20). The van der Waals surface area contributed by atoms with Gasteiger partial charge in [-0.25, -0.2) is 4.98 Å². The average molecular weight is 359 g/mol. The van der Waals surface area contributed by atoms with Crippen LogP contribution in [0.2, 0.25) is 0 Å². The van der Waals surface area contributed by atoms with Crippen LogP contribution in [0.4, 0.5) is 5.69 Å². The van der Waals surface area contributed by atoms with Gasteiger partial charge in [-0.05, 0) is 45.6 Å². The summed E-state index contributed by atoms with van der Waals surface area (Å²) in [6, 6.07) is 15.3. The van der Waals surface area contributed by atoms with Crippen LogP contribution in [0.5, 0.6) is 0 Å². The first-order valence-electron chi connectivity index (χ1n) is 6.30. The van der Waals surface area contributed by atoms with E-state index in [9.17, 15) is 4.79 Å². The van der Waals surface area contributed by atoms with Crippen LogP contribution in [0.1, 0.15) is 10.4 Å². The number of carbonyl (C=O) groups excluding carboxylic acids is 1. The molecule has 3 aromatic rings. The molecule has 0 radical (unpaired) electrons. The fraction of sp³-hybridized carbons (Fsp3) is 0. The molecule has 3 rings (SSSR count). The zero-order valence-corrected chi connectivity index (χ0v) is 13.3. The Labute approximate surface area is 134 Å². The zero-order valence-electron chi connectivity index (χ0n) is 10.9. The molecule has 0 aliphatic carbocycles. The molecule has 0 fully saturated rings. The molecule has 0 spiro atoms. The number of halogens is 1. The van der Waals surface area contributed by atoms with Crippen molar-refractivity contribution in [2.45, 2.75) is 0 Å². The van der Waals surface area contributed by atoms with Gasteiger partial charge in [0.1, 0.15) is 4.60 Å². The van der Waals surface area contributed by atoms with Gasteiger partial charge in [-0.1, -0.05) is 24.3 Å². The zero-order chi connectivity index (χ0) is 14.7. The average Bonchev–Trinajstić information content (AvgIpc) is 3.02. The lowest BCUT2D eigenvalue weighted by atomic mass is 10.1. The Morgan fingerprint density at radius 2 is 1.95 bits per heavy atom. The van der Waals surface area contributed by atoms with Crippen LogP contribution < -0.4 is 5.32 Å². The number of carbonyl (C=O) groups is 1. The number of rotatable bonds is 3. The highest BCUT2D eigenvalue weighted by molar-refractivity contribution is 9.10. The number of hydrogen-bond donors (Lipinski definition) is 1. The normalized spacial score (nSPS) is 10.3. The SMILES string of the molecule is O=C(Nc1ccccc1-c1cccs1)c1cccnc1Br. The van der Waals surface area contributed by atoms with E-state index in [1.54, 1.807) is 29.7 Å². The van der Waals surface area contributed by atoms with E-state index in [0.717, 1.165) is 16.1 Å². The second-order valence-electron chi connectivity index (χ2n) is 4.32. The van der Waals surface area contributed by atoms with Crippen molar-refractivity contribution in [3.63, 3.8) is 0 Å². The molecule has 2 heterocycles. The van der Waals surface area contributed by atoms with Gasteiger partial charge in [0.05, 0.1) is 5.56 Å². The van der Waals surface area contributed by atoms with Crippen molar-refractivity contribution < 1.29 is 4.79 Å². The number of amides is 1. The molecule has 3 nitrogen and oxygen atoms in total. The summed E-state index contributed by atoms with van der Waals surface area (Å²) in [5.41, 5.74) is 2.32. The summed E-state index contributed by atoms with van der Waals surface area (Å²) >= 11 is 4.94. The number of benzene rings is 1. The number of anilines is 1. The summed E-state index contributed by atoms with van der Waals surface area (Å²) in [5, 5.41) is 4.97. The fourth-order valence-corrected chi connectivity index (χ4v) is 3.18. The number of hydrogen-bond acceptors (Lipinski definition) is 3. The molecule has 0 aliphatic heterocycles. The van der Waals surface area contributed by atoms with Crippen LogP contribution >= 0.6 is 27.3 Å². The first-order valence-corrected chi connectivity index (χ1v) is 7.98. The van der Waals surface area contributed by atoms with Crippen LogP contribution in [-0.4, -0.2) is 10.9 Å². The number of thiophene rings is 1. The molecule has 0 saturated carbocycles. The summed E-state index contributed by atoms with van der Waals surface area (Å²) < 4.78 is 0.538. The third kappa shape index (κ3) is 3.04. The predicted octanol–water partition coefficient (Wildman–Crippen LogP) is 4.82. The third-order valence-corrected chi connectivity index (χ3v) is 4.50. The lowest BCUT2D eigenvalue weighted by Crippen LogP contribution is -2.13. The van der Waals surface area contributed by atoms with Crippen LogP contribution in [-0.2, 0) is 0 Å². The fourth-order valence-electron chi connectivity index (χ4n) is 1.98. The van der Waals surface area contributed by atoms with Crippen molar-refractivity contribution in [3.05, 3.63) is 70.3 Å². The second-order valence-corrected chi connectivity index (χ2v) is 6.02. The highest BCUT2D eigenvalue weighted by Gasteiger charge is 2.13. The molecule has 1 N–H and O–H groups in total. The van der Waals surface area contributed by atoms with Crippen molar-refractivity contribution in [1.29, 1.82) is 0 Å². The lowest BCUT2D eigenvalue weighted by molar-refractivity contribution is 0.102. The molecule has 21 heavy (non-hydrogen) atoms. The molecule has 0 aliphatic rings. The maximum Gasteiger partial charge on any atom is 0.258 e. The molecule has 1 aromatic carbocycles. The van der Waals surface area contributed by atoms with E-state index < -0.39 is 0 Å². The van der Waals surface area contributed by atoms with Gasteiger partial charge in [-0.2, -0.15) is 0 Å². The van der Waals surface area contributed by atoms with E-state index in [0.29, 0.717) is 10.2 Å². The van der Waals surface area contributed by atoms with E-state index in [-0.39, 0.29) is 5.91 Å². The Morgan fingerprint density at radius 1 is 1.10 bits per heavy atom. The first-order chi connectivity index (χ1) is 10.3. The number of nitrogens with one attached hydrogen (secondary N) is 1. The highest BCUT2D eigenvalue weighted by Crippen LogP contribution is 2.31. The van der Waals surface area contributed by atoms with Gasteiger partial charge in [0.2, 0.25) is 0 Å². The maximum atomic E-state index is 12.4. The Bertz CT molecular complexity index is 771. The van der Waals surface area contributed by atoms with E-state index >= 15 is 0 Å². The van der Waals surface area contributed by atoms with Gasteiger partial charge in [-0.15, -0.1) is 11.3 Å². The van der Waals surface area contributed by atoms with Crippen LogP contribution in [0.3, 0.4) is 0 Å². The third-order valence-electron chi connectivity index (χ3n) is 2.97. The summed E-state index contributed by atoms with van der Waals surface area (Å²) in [4.78, 5) is 17.6. The Hall–Kier alpha value is -1.98. The molecule has 2 aromatic heterocycles. The quantitative estimate of drug-likeness (QED) is 0.681. The van der Waals surface area contributed by atoms with E-state index in [1.807, 2.05) is 41.8 Å². The van der Waals surface area contributed by atoms with E-state index in [2.05, 4.69) is 26.2 Å². The van der Waals surface area contributed by atoms with Gasteiger partial charge < -0.3 is 5.32 Å². The monoisotopic (exact) mass is 358 g/mol. The molecular formula is C16H11BrN2OS. The second kappa shape index (κ2) is 6.20. The number of pyridine rings is 1. The van der Waals surface area contributed by atoms with Gasteiger partial charge >= 0.3 is 0 Å². The molecule has 0 unspecified atom stereocenters. The summed E-state index contributed by atoms with van der Waals surface area (Å²) in [7, 11) is 0. The first kappa shape index (κ1) is 14.0. The van der Waals surface area contributed by atoms with Crippen LogP contribution in [0.25, 0.3) is 10.4 Å². The lowest BCUT2D eigenvalue weighted by Gasteiger charge is -2.10. The van der Waals surface area contributed by atoms with Gasteiger partial charge in [0.15, 0.2) is 0 Å². The molecular weight excluding hydrogens is 348 g/mol. The van der Waals surface area contributed by atoms with Crippen LogP contribution in [0, 0.1) is 0 Å². The minimum atomic E-state index is -0.181. The van der Waals surface area contributed by atoms with Crippen molar-refractivity contribution in [1.82, 2.24) is 4.98 Å². The van der Waals surface area contributed by atoms with Gasteiger partial charge in [0.25, 0.3) is 5.91 Å². The predicted molar refractivity (Wildman–Crippen MR) is 89.6 cm³/mol.